The molecule has 1 unspecified atom stereocenters. The van der Waals surface area contributed by atoms with Crippen molar-refractivity contribution in [3.05, 3.63) is 53.1 Å². The number of hydrogen-bond acceptors (Lipinski definition) is 3. The molecule has 0 saturated carbocycles. The second kappa shape index (κ2) is 6.80. The number of Topliss-reactive ketones (excluding diaryl/α,β-unsaturated/α-hetero) is 1. The van der Waals surface area contributed by atoms with Crippen LogP contribution in [0.4, 0.5) is 0 Å². The molecule has 0 saturated heterocycles. The number of unbranched alkanes of at least 4 members (excludes halogenated alkanes) is 1. The van der Waals surface area contributed by atoms with Crippen molar-refractivity contribution >= 4 is 23.1 Å². The van der Waals surface area contributed by atoms with E-state index in [4.69, 9.17) is 0 Å². The Morgan fingerprint density at radius 3 is 2.90 bits per heavy atom. The van der Waals surface area contributed by atoms with E-state index in [1.165, 1.54) is 18.4 Å². The van der Waals surface area contributed by atoms with Crippen LogP contribution in [-0.2, 0) is 11.2 Å². The fourth-order valence-corrected chi connectivity index (χ4v) is 3.40. The van der Waals surface area contributed by atoms with Gasteiger partial charge in [0, 0.05) is 7.05 Å². The summed E-state index contributed by atoms with van der Waals surface area (Å²) in [5.41, 5.74) is 3.12. The zero-order valence-electron chi connectivity index (χ0n) is 12.1. The highest BCUT2D eigenvalue weighted by Gasteiger charge is 2.32. The first-order valence-electron chi connectivity index (χ1n) is 7.06. The Labute approximate surface area is 125 Å². The number of ketones is 1. The van der Waals surface area contributed by atoms with Crippen LogP contribution in [0.5, 0.6) is 0 Å². The number of carbonyl (C=O) groups excluding carboxylic acids is 1. The maximum atomic E-state index is 12.4. The Kier molecular flexibility index (Phi) is 5.07. The van der Waals surface area contributed by atoms with Gasteiger partial charge in [0.25, 0.3) is 0 Å². The first-order valence-corrected chi connectivity index (χ1v) is 7.94. The fraction of sp³-hybridized carbons (Fsp3) is 0.353. The molecule has 0 radical (unpaired) electrons. The lowest BCUT2D eigenvalue weighted by atomic mass is 9.97. The van der Waals surface area contributed by atoms with Gasteiger partial charge in [0.05, 0.1) is 15.9 Å². The molecule has 1 heterocycles. The quantitative estimate of drug-likeness (QED) is 0.807. The average Bonchev–Trinajstić information content (AvgIpc) is 2.81. The first-order chi connectivity index (χ1) is 9.71. The maximum Gasteiger partial charge on any atom is 0.183 e. The summed E-state index contributed by atoms with van der Waals surface area (Å²) in [7, 11) is 1.86. The minimum Gasteiger partial charge on any atom is -0.382 e. The monoisotopic (exact) mass is 287 g/mol. The number of nitrogens with one attached hydrogen (secondary N) is 1. The van der Waals surface area contributed by atoms with Crippen LogP contribution in [-0.4, -0.2) is 18.1 Å². The molecule has 0 bridgehead atoms. The maximum absolute atomic E-state index is 12.4. The molecule has 2 rings (SSSR count). The molecule has 1 N–H and O–H groups in total. The molecule has 106 valence electrons. The number of rotatable bonds is 6. The summed E-state index contributed by atoms with van der Waals surface area (Å²) >= 11 is 1.55. The standard InChI is InChI=1S/C17H21NOS/c1-4-6-8-12-9-7-10-13(11-12)15-16(19)14(5-2)20-17(15)18-3/h5,7,9-11,14,18H,2,4,6,8H2,1,3H3. The Hall–Kier alpha value is -1.48. The van der Waals surface area contributed by atoms with Crippen LogP contribution >= 0.6 is 11.8 Å². The summed E-state index contributed by atoms with van der Waals surface area (Å²) in [6, 6.07) is 8.34. The highest BCUT2D eigenvalue weighted by Crippen LogP contribution is 2.39. The summed E-state index contributed by atoms with van der Waals surface area (Å²) in [6.45, 7) is 5.94. The largest absolute Gasteiger partial charge is 0.382 e. The topological polar surface area (TPSA) is 29.1 Å². The SMILES string of the molecule is C=CC1SC(NC)=C(c2cccc(CCCC)c2)C1=O. The third kappa shape index (κ3) is 2.98. The number of allylic oxidation sites excluding steroid dienone is 1. The third-order valence-electron chi connectivity index (χ3n) is 3.45. The number of hydrogen-bond donors (Lipinski definition) is 1. The third-order valence-corrected chi connectivity index (χ3v) is 4.76. The molecular weight excluding hydrogens is 266 g/mol. The van der Waals surface area contributed by atoms with Crippen LogP contribution < -0.4 is 5.32 Å². The summed E-state index contributed by atoms with van der Waals surface area (Å²) in [6.07, 6.45) is 5.15. The molecule has 20 heavy (non-hydrogen) atoms. The van der Waals surface area contributed by atoms with Crippen LogP contribution in [0, 0.1) is 0 Å². The molecule has 1 aliphatic heterocycles. The van der Waals surface area contributed by atoms with Gasteiger partial charge < -0.3 is 5.32 Å². The van der Waals surface area contributed by atoms with Crippen molar-refractivity contribution < 1.29 is 4.79 Å². The van der Waals surface area contributed by atoms with Crippen LogP contribution in [0.2, 0.25) is 0 Å². The van der Waals surface area contributed by atoms with Crippen molar-refractivity contribution in [2.45, 2.75) is 31.4 Å². The molecule has 0 spiro atoms. The first kappa shape index (κ1) is 14.9. The predicted octanol–water partition coefficient (Wildman–Crippen LogP) is 3.79. The molecule has 2 nitrogen and oxygen atoms in total. The Balaban J connectivity index is 2.34. The van der Waals surface area contributed by atoms with Gasteiger partial charge in [-0.3, -0.25) is 4.79 Å². The molecular formula is C17H21NOS. The van der Waals surface area contributed by atoms with E-state index in [0.29, 0.717) is 0 Å². The van der Waals surface area contributed by atoms with E-state index in [2.05, 4.69) is 31.0 Å². The van der Waals surface area contributed by atoms with Crippen LogP contribution in [0.25, 0.3) is 5.57 Å². The highest BCUT2D eigenvalue weighted by atomic mass is 32.2. The highest BCUT2D eigenvalue weighted by molar-refractivity contribution is 8.05. The van der Waals surface area contributed by atoms with Gasteiger partial charge in [0.2, 0.25) is 0 Å². The van der Waals surface area contributed by atoms with Crippen LogP contribution in [0.1, 0.15) is 30.9 Å². The lowest BCUT2D eigenvalue weighted by Crippen LogP contribution is -2.10. The van der Waals surface area contributed by atoms with Crippen molar-refractivity contribution in [3.63, 3.8) is 0 Å². The number of thioether (sulfide) groups is 1. The van der Waals surface area contributed by atoms with Crippen molar-refractivity contribution in [1.29, 1.82) is 0 Å². The Bertz CT molecular complexity index is 548. The van der Waals surface area contributed by atoms with Gasteiger partial charge in [-0.1, -0.05) is 55.4 Å². The normalized spacial score (nSPS) is 18.5. The van der Waals surface area contributed by atoms with Gasteiger partial charge in [-0.05, 0) is 24.0 Å². The van der Waals surface area contributed by atoms with Crippen molar-refractivity contribution in [2.75, 3.05) is 7.05 Å². The summed E-state index contributed by atoms with van der Waals surface area (Å²) < 4.78 is 0. The van der Waals surface area contributed by atoms with E-state index in [1.54, 1.807) is 17.8 Å². The van der Waals surface area contributed by atoms with E-state index in [9.17, 15) is 4.79 Å². The van der Waals surface area contributed by atoms with Gasteiger partial charge in [0.15, 0.2) is 5.78 Å². The van der Waals surface area contributed by atoms with Gasteiger partial charge in [-0.15, -0.1) is 6.58 Å². The molecule has 1 aliphatic rings. The van der Waals surface area contributed by atoms with Gasteiger partial charge in [0.1, 0.15) is 0 Å². The zero-order valence-corrected chi connectivity index (χ0v) is 12.9. The average molecular weight is 287 g/mol. The smallest absolute Gasteiger partial charge is 0.183 e. The van der Waals surface area contributed by atoms with Crippen molar-refractivity contribution in [3.8, 4) is 0 Å². The van der Waals surface area contributed by atoms with Gasteiger partial charge in [-0.25, -0.2) is 0 Å². The van der Waals surface area contributed by atoms with Crippen LogP contribution in [0.15, 0.2) is 41.9 Å². The lowest BCUT2D eigenvalue weighted by molar-refractivity contribution is -0.112. The molecule has 1 aromatic rings. The van der Waals surface area contributed by atoms with Crippen molar-refractivity contribution in [2.24, 2.45) is 0 Å². The minimum absolute atomic E-state index is 0.155. The molecule has 1 aromatic carbocycles. The second-order valence-electron chi connectivity index (χ2n) is 4.90. The minimum atomic E-state index is -0.160. The van der Waals surface area contributed by atoms with E-state index in [0.717, 1.165) is 22.6 Å². The lowest BCUT2D eigenvalue weighted by Gasteiger charge is -2.07. The Morgan fingerprint density at radius 2 is 2.25 bits per heavy atom. The molecule has 0 aromatic heterocycles. The zero-order chi connectivity index (χ0) is 14.5. The number of benzene rings is 1. The molecule has 0 fully saturated rings. The molecule has 1 atom stereocenters. The molecule has 3 heteroatoms. The summed E-state index contributed by atoms with van der Waals surface area (Å²) in [5.74, 6) is 0.155. The van der Waals surface area contributed by atoms with E-state index < -0.39 is 0 Å². The number of aryl methyl sites for hydroxylation is 1. The van der Waals surface area contributed by atoms with E-state index >= 15 is 0 Å². The van der Waals surface area contributed by atoms with E-state index in [1.807, 2.05) is 19.2 Å². The number of carbonyl (C=O) groups is 1. The molecule has 0 aliphatic carbocycles. The van der Waals surface area contributed by atoms with Crippen LogP contribution in [0.3, 0.4) is 0 Å². The summed E-state index contributed by atoms with van der Waals surface area (Å²) in [5, 5.41) is 3.93. The van der Waals surface area contributed by atoms with Crippen molar-refractivity contribution in [1.82, 2.24) is 5.32 Å². The van der Waals surface area contributed by atoms with E-state index in [-0.39, 0.29) is 11.0 Å². The second-order valence-corrected chi connectivity index (χ2v) is 6.05. The Morgan fingerprint density at radius 1 is 1.45 bits per heavy atom. The van der Waals surface area contributed by atoms with Gasteiger partial charge >= 0.3 is 0 Å². The molecule has 0 amide bonds. The summed E-state index contributed by atoms with van der Waals surface area (Å²) in [4.78, 5) is 12.4. The fourth-order valence-electron chi connectivity index (χ4n) is 2.37. The van der Waals surface area contributed by atoms with Gasteiger partial charge in [-0.2, -0.15) is 0 Å². The predicted molar refractivity (Wildman–Crippen MR) is 87.6 cm³/mol.